The summed E-state index contributed by atoms with van der Waals surface area (Å²) in [7, 11) is 0. The van der Waals surface area contributed by atoms with Crippen LogP contribution in [-0.2, 0) is 5.60 Å². The fourth-order valence-corrected chi connectivity index (χ4v) is 1.78. The number of furan rings is 1. The molecule has 100 valence electrons. The van der Waals surface area contributed by atoms with Crippen LogP contribution in [0.5, 0.6) is 0 Å². The summed E-state index contributed by atoms with van der Waals surface area (Å²) in [5.74, 6) is 0.00727. The van der Waals surface area contributed by atoms with Crippen LogP contribution in [0.25, 0.3) is 0 Å². The van der Waals surface area contributed by atoms with Gasteiger partial charge in [0.2, 0.25) is 0 Å². The zero-order chi connectivity index (χ0) is 13.9. The van der Waals surface area contributed by atoms with Crippen molar-refractivity contribution in [3.8, 4) is 0 Å². The fourth-order valence-electron chi connectivity index (χ4n) is 1.58. The Labute approximate surface area is 115 Å². The molecule has 1 amide bonds. The van der Waals surface area contributed by atoms with Crippen molar-refractivity contribution >= 4 is 17.5 Å². The third-order valence-electron chi connectivity index (χ3n) is 2.66. The number of halogens is 1. The first-order chi connectivity index (χ1) is 9.00. The summed E-state index contributed by atoms with van der Waals surface area (Å²) in [6, 6.07) is 4.83. The quantitative estimate of drug-likeness (QED) is 0.898. The molecule has 0 aliphatic heterocycles. The summed E-state index contributed by atoms with van der Waals surface area (Å²) in [4.78, 5) is 15.7. The molecule has 0 aliphatic rings. The lowest BCUT2D eigenvalue weighted by atomic mass is 10.0. The highest BCUT2D eigenvalue weighted by Crippen LogP contribution is 2.20. The molecule has 2 rings (SSSR count). The molecule has 0 radical (unpaired) electrons. The van der Waals surface area contributed by atoms with Crippen LogP contribution in [0, 0.1) is 0 Å². The van der Waals surface area contributed by atoms with E-state index in [1.165, 1.54) is 24.7 Å². The van der Waals surface area contributed by atoms with E-state index in [2.05, 4.69) is 10.3 Å². The van der Waals surface area contributed by atoms with E-state index in [1.54, 1.807) is 19.1 Å². The van der Waals surface area contributed by atoms with E-state index in [9.17, 15) is 9.90 Å². The Kier molecular flexibility index (Phi) is 3.87. The molecule has 5 nitrogen and oxygen atoms in total. The molecule has 6 heteroatoms. The number of rotatable bonds is 4. The van der Waals surface area contributed by atoms with Gasteiger partial charge in [0, 0.05) is 12.4 Å². The SMILES string of the molecule is CC(O)(CNC(=O)c1ccncc1Cl)c1ccco1. The number of pyridine rings is 1. The van der Waals surface area contributed by atoms with Crippen LogP contribution in [0.2, 0.25) is 5.02 Å². The minimum absolute atomic E-state index is 0.0119. The van der Waals surface area contributed by atoms with Gasteiger partial charge in [-0.1, -0.05) is 11.6 Å². The molecule has 2 N–H and O–H groups in total. The van der Waals surface area contributed by atoms with Gasteiger partial charge in [0.05, 0.1) is 23.4 Å². The number of amides is 1. The molecule has 0 fully saturated rings. The van der Waals surface area contributed by atoms with Crippen LogP contribution in [0.4, 0.5) is 0 Å². The van der Waals surface area contributed by atoms with Gasteiger partial charge >= 0.3 is 0 Å². The molecule has 0 spiro atoms. The second-order valence-corrected chi connectivity index (χ2v) is 4.70. The Balaban J connectivity index is 2.03. The van der Waals surface area contributed by atoms with E-state index in [-0.39, 0.29) is 17.5 Å². The van der Waals surface area contributed by atoms with E-state index < -0.39 is 5.60 Å². The average Bonchev–Trinajstić information content (AvgIpc) is 2.91. The lowest BCUT2D eigenvalue weighted by Crippen LogP contribution is -2.38. The standard InChI is InChI=1S/C13H13ClN2O3/c1-13(18,11-3-2-6-19-11)8-16-12(17)9-4-5-15-7-10(9)14/h2-7,18H,8H2,1H3,(H,16,17). The van der Waals surface area contributed by atoms with Crippen molar-refractivity contribution < 1.29 is 14.3 Å². The highest BCUT2D eigenvalue weighted by atomic mass is 35.5. The summed E-state index contributed by atoms with van der Waals surface area (Å²) in [6.07, 6.45) is 4.33. The van der Waals surface area contributed by atoms with E-state index in [1.807, 2.05) is 0 Å². The van der Waals surface area contributed by atoms with Crippen LogP contribution in [0.1, 0.15) is 23.0 Å². The predicted molar refractivity (Wildman–Crippen MR) is 69.9 cm³/mol. The zero-order valence-electron chi connectivity index (χ0n) is 10.3. The second-order valence-electron chi connectivity index (χ2n) is 4.29. The Bertz CT molecular complexity index is 567. The van der Waals surface area contributed by atoms with Crippen molar-refractivity contribution in [1.29, 1.82) is 0 Å². The van der Waals surface area contributed by atoms with Crippen molar-refractivity contribution in [2.45, 2.75) is 12.5 Å². The van der Waals surface area contributed by atoms with Gasteiger partial charge in [0.1, 0.15) is 11.4 Å². The second kappa shape index (κ2) is 5.42. The van der Waals surface area contributed by atoms with Gasteiger partial charge in [0.25, 0.3) is 5.91 Å². The Morgan fingerprint density at radius 2 is 2.37 bits per heavy atom. The number of aliphatic hydroxyl groups is 1. The van der Waals surface area contributed by atoms with Gasteiger partial charge in [0.15, 0.2) is 0 Å². The monoisotopic (exact) mass is 280 g/mol. The maximum Gasteiger partial charge on any atom is 0.253 e. The molecule has 0 aromatic carbocycles. The first kappa shape index (κ1) is 13.6. The largest absolute Gasteiger partial charge is 0.466 e. The Hall–Kier alpha value is -1.85. The first-order valence-electron chi connectivity index (χ1n) is 5.65. The number of nitrogens with one attached hydrogen (secondary N) is 1. The summed E-state index contributed by atoms with van der Waals surface area (Å²) in [5, 5.41) is 13.1. The average molecular weight is 281 g/mol. The summed E-state index contributed by atoms with van der Waals surface area (Å²) >= 11 is 5.86. The number of nitrogens with zero attached hydrogens (tertiary/aromatic N) is 1. The molecular formula is C13H13ClN2O3. The van der Waals surface area contributed by atoms with Crippen LogP contribution in [0.15, 0.2) is 41.3 Å². The first-order valence-corrected chi connectivity index (χ1v) is 6.02. The van der Waals surface area contributed by atoms with Gasteiger partial charge in [-0.15, -0.1) is 0 Å². The van der Waals surface area contributed by atoms with Crippen molar-refractivity contribution in [3.05, 3.63) is 53.2 Å². The maximum atomic E-state index is 11.9. The van der Waals surface area contributed by atoms with Crippen LogP contribution >= 0.6 is 11.6 Å². The van der Waals surface area contributed by atoms with Crippen LogP contribution in [-0.4, -0.2) is 22.5 Å². The van der Waals surface area contributed by atoms with Crippen LogP contribution < -0.4 is 5.32 Å². The molecule has 0 bridgehead atoms. The molecule has 0 saturated heterocycles. The lowest BCUT2D eigenvalue weighted by Gasteiger charge is -2.21. The molecular weight excluding hydrogens is 268 g/mol. The molecule has 1 unspecified atom stereocenters. The molecule has 1 atom stereocenters. The molecule has 0 saturated carbocycles. The van der Waals surface area contributed by atoms with Crippen molar-refractivity contribution in [2.24, 2.45) is 0 Å². The van der Waals surface area contributed by atoms with E-state index in [4.69, 9.17) is 16.0 Å². The number of carbonyl (C=O) groups excluding carboxylic acids is 1. The minimum Gasteiger partial charge on any atom is -0.466 e. The van der Waals surface area contributed by atoms with Gasteiger partial charge in [-0.25, -0.2) is 0 Å². The molecule has 2 aromatic heterocycles. The summed E-state index contributed by atoms with van der Waals surface area (Å²) in [5.41, 5.74) is -0.967. The molecule has 2 heterocycles. The van der Waals surface area contributed by atoms with Gasteiger partial charge in [-0.3, -0.25) is 9.78 Å². The number of carbonyl (C=O) groups is 1. The topological polar surface area (TPSA) is 75.4 Å². The van der Waals surface area contributed by atoms with E-state index in [0.717, 1.165) is 0 Å². The Morgan fingerprint density at radius 1 is 1.58 bits per heavy atom. The number of hydrogen-bond acceptors (Lipinski definition) is 4. The maximum absolute atomic E-state index is 11.9. The van der Waals surface area contributed by atoms with Crippen LogP contribution in [0.3, 0.4) is 0 Å². The number of aromatic nitrogens is 1. The third kappa shape index (κ3) is 3.13. The smallest absolute Gasteiger partial charge is 0.253 e. The van der Waals surface area contributed by atoms with E-state index >= 15 is 0 Å². The predicted octanol–water partition coefficient (Wildman–Crippen LogP) is 1.97. The molecule has 2 aromatic rings. The van der Waals surface area contributed by atoms with Gasteiger partial charge in [-0.2, -0.15) is 0 Å². The van der Waals surface area contributed by atoms with Crippen molar-refractivity contribution in [1.82, 2.24) is 10.3 Å². The third-order valence-corrected chi connectivity index (χ3v) is 2.96. The van der Waals surface area contributed by atoms with Crippen molar-refractivity contribution in [2.75, 3.05) is 6.54 Å². The molecule has 0 aliphatic carbocycles. The molecule has 19 heavy (non-hydrogen) atoms. The zero-order valence-corrected chi connectivity index (χ0v) is 11.0. The van der Waals surface area contributed by atoms with Gasteiger partial charge in [-0.05, 0) is 25.1 Å². The lowest BCUT2D eigenvalue weighted by molar-refractivity contribution is 0.0330. The number of hydrogen-bond donors (Lipinski definition) is 2. The minimum atomic E-state index is -1.28. The van der Waals surface area contributed by atoms with E-state index in [0.29, 0.717) is 11.3 Å². The van der Waals surface area contributed by atoms with Gasteiger partial charge < -0.3 is 14.8 Å². The summed E-state index contributed by atoms with van der Waals surface area (Å²) < 4.78 is 5.12. The highest BCUT2D eigenvalue weighted by molar-refractivity contribution is 6.33. The highest BCUT2D eigenvalue weighted by Gasteiger charge is 2.27. The normalized spacial score (nSPS) is 13.8. The fraction of sp³-hybridized carbons (Fsp3) is 0.231. The summed E-state index contributed by atoms with van der Waals surface area (Å²) in [6.45, 7) is 1.57. The Morgan fingerprint density at radius 3 is 3.00 bits per heavy atom. The van der Waals surface area contributed by atoms with Crippen molar-refractivity contribution in [3.63, 3.8) is 0 Å².